The van der Waals surface area contributed by atoms with E-state index >= 15 is 0 Å². The number of carbonyl (C=O) groups is 3. The van der Waals surface area contributed by atoms with Crippen molar-refractivity contribution in [2.24, 2.45) is 0 Å². The van der Waals surface area contributed by atoms with Crippen LogP contribution in [0.15, 0.2) is 12.1 Å². The minimum Gasteiger partial charge on any atom is -0.444 e. The number of alkyl carbamates (subject to hydrolysis) is 1. The Morgan fingerprint density at radius 1 is 1.26 bits per heavy atom. The minimum atomic E-state index is -1.08. The summed E-state index contributed by atoms with van der Waals surface area (Å²) in [5.74, 6) is -3.31. The number of benzene rings is 1. The lowest BCUT2D eigenvalue weighted by Gasteiger charge is -2.41. The number of likely N-dealkylation sites (N-methyl/N-ethyl adjacent to an activating group) is 1. The summed E-state index contributed by atoms with van der Waals surface area (Å²) in [5, 5.41) is 8.09. The topological polar surface area (TPSA) is 99.8 Å². The quantitative estimate of drug-likeness (QED) is 0.532. The number of hydrogen-bond acceptors (Lipinski definition) is 6. The number of halogens is 2. The van der Waals surface area contributed by atoms with Crippen LogP contribution in [0, 0.1) is 11.6 Å². The summed E-state index contributed by atoms with van der Waals surface area (Å²) in [7, 11) is 1.38. The number of hydrogen-bond donors (Lipinski definition) is 3. The van der Waals surface area contributed by atoms with E-state index in [4.69, 9.17) is 4.74 Å². The number of nitrogens with one attached hydrogen (secondary N) is 3. The van der Waals surface area contributed by atoms with Gasteiger partial charge in [0.25, 0.3) is 0 Å². The Kier molecular flexibility index (Phi) is 9.17. The van der Waals surface area contributed by atoms with Gasteiger partial charge in [0, 0.05) is 50.9 Å². The highest BCUT2D eigenvalue weighted by atomic mass is 19.1. The second kappa shape index (κ2) is 11.6. The first-order chi connectivity index (χ1) is 14.9. The van der Waals surface area contributed by atoms with Gasteiger partial charge in [0.2, 0.25) is 5.91 Å². The predicted octanol–water partition coefficient (Wildman–Crippen LogP) is 1.69. The van der Waals surface area contributed by atoms with Crippen molar-refractivity contribution in [2.75, 3.05) is 38.1 Å². The van der Waals surface area contributed by atoms with Crippen LogP contribution in [-0.2, 0) is 14.3 Å². The molecule has 1 aromatic carbocycles. The Hall–Kier alpha value is -2.75. The van der Waals surface area contributed by atoms with Crippen LogP contribution in [0.4, 0.5) is 19.3 Å². The van der Waals surface area contributed by atoms with Crippen molar-refractivity contribution in [1.29, 1.82) is 0 Å². The third-order valence-corrected chi connectivity index (χ3v) is 5.13. The van der Waals surface area contributed by atoms with Gasteiger partial charge in [-0.25, -0.2) is 13.6 Å². The third-order valence-electron chi connectivity index (χ3n) is 5.13. The van der Waals surface area contributed by atoms with Crippen molar-refractivity contribution in [3.63, 3.8) is 0 Å². The summed E-state index contributed by atoms with van der Waals surface area (Å²) in [6, 6.07) is 2.17. The molecule has 2 aliphatic rings. The van der Waals surface area contributed by atoms with Crippen LogP contribution < -0.4 is 20.9 Å². The molecule has 172 valence electrons. The zero-order chi connectivity index (χ0) is 23.0. The maximum atomic E-state index is 14.7. The number of amides is 2. The van der Waals surface area contributed by atoms with Gasteiger partial charge in [0.15, 0.2) is 0 Å². The Labute approximate surface area is 180 Å². The number of rotatable bonds is 8. The van der Waals surface area contributed by atoms with Crippen molar-refractivity contribution in [3.8, 4) is 0 Å². The molecule has 1 unspecified atom stereocenters. The van der Waals surface area contributed by atoms with Crippen LogP contribution in [0.2, 0.25) is 0 Å². The number of ether oxygens (including phenoxy) is 1. The summed E-state index contributed by atoms with van der Waals surface area (Å²) in [6.45, 7) is 6.05. The van der Waals surface area contributed by atoms with Gasteiger partial charge in [-0.15, -0.1) is 0 Å². The van der Waals surface area contributed by atoms with Gasteiger partial charge in [-0.3, -0.25) is 4.79 Å². The molecular formula is C21H30F2N4O4. The van der Waals surface area contributed by atoms with Gasteiger partial charge in [-0.1, -0.05) is 13.8 Å². The van der Waals surface area contributed by atoms with Crippen LogP contribution >= 0.6 is 0 Å². The minimum absolute atomic E-state index is 0.0185. The molecule has 0 aromatic heterocycles. The maximum absolute atomic E-state index is 14.7. The van der Waals surface area contributed by atoms with Crippen LogP contribution in [0.5, 0.6) is 0 Å². The summed E-state index contributed by atoms with van der Waals surface area (Å²) < 4.78 is 34.5. The second-order valence-corrected chi connectivity index (χ2v) is 7.17. The van der Waals surface area contributed by atoms with E-state index in [2.05, 4.69) is 16.0 Å². The predicted molar refractivity (Wildman–Crippen MR) is 112 cm³/mol. The van der Waals surface area contributed by atoms with Crippen molar-refractivity contribution in [1.82, 2.24) is 16.0 Å². The number of carbonyl (C=O) groups excluding carboxylic acids is 3. The summed E-state index contributed by atoms with van der Waals surface area (Å²) >= 11 is 0. The molecule has 0 radical (unpaired) electrons. The lowest BCUT2D eigenvalue weighted by molar-refractivity contribution is -0.122. The Morgan fingerprint density at radius 3 is 2.35 bits per heavy atom. The van der Waals surface area contributed by atoms with Gasteiger partial charge in [0.05, 0.1) is 12.0 Å². The zero-order valence-corrected chi connectivity index (χ0v) is 18.0. The lowest BCUT2D eigenvalue weighted by Crippen LogP contribution is -2.60. The third kappa shape index (κ3) is 6.13. The van der Waals surface area contributed by atoms with Crippen molar-refractivity contribution < 1.29 is 27.9 Å². The Bertz CT molecular complexity index is 760. The van der Waals surface area contributed by atoms with E-state index in [0.717, 1.165) is 0 Å². The highest BCUT2D eigenvalue weighted by Gasteiger charge is 2.32. The van der Waals surface area contributed by atoms with E-state index < -0.39 is 29.6 Å². The van der Waals surface area contributed by atoms with Gasteiger partial charge in [-0.05, 0) is 18.6 Å². The van der Waals surface area contributed by atoms with Crippen LogP contribution in [0.25, 0.3) is 0 Å². The van der Waals surface area contributed by atoms with Crippen LogP contribution in [0.1, 0.15) is 38.2 Å². The number of nitrogens with zero attached hydrogens (tertiary/aromatic N) is 1. The molecule has 2 aliphatic heterocycles. The zero-order valence-electron chi connectivity index (χ0n) is 18.0. The van der Waals surface area contributed by atoms with Crippen molar-refractivity contribution in [2.45, 2.75) is 44.8 Å². The van der Waals surface area contributed by atoms with Gasteiger partial charge in [0.1, 0.15) is 24.0 Å². The standard InChI is InChI=1S/C19H24F2N4O4.C2H6/c1-22-18(27)14(3-2-4-26)17-15(20)5-12(6-16(17)21)25-9-11(10-25)24-19(28)29-13-7-23-8-13;1-2/h4-6,11,13-14,23H,2-3,7-10H2,1H3,(H,22,27)(H,24,28);1-2H3. The molecule has 1 atom stereocenters. The Morgan fingerprint density at radius 2 is 1.87 bits per heavy atom. The van der Waals surface area contributed by atoms with Gasteiger partial charge < -0.3 is 30.4 Å². The molecular weight excluding hydrogens is 410 g/mol. The first-order valence-electron chi connectivity index (χ1n) is 10.5. The van der Waals surface area contributed by atoms with Gasteiger partial charge >= 0.3 is 6.09 Å². The van der Waals surface area contributed by atoms with E-state index in [1.54, 1.807) is 4.90 Å². The van der Waals surface area contributed by atoms with E-state index in [1.165, 1.54) is 19.2 Å². The van der Waals surface area contributed by atoms with E-state index in [1.807, 2.05) is 13.8 Å². The first kappa shape index (κ1) is 24.5. The molecule has 2 saturated heterocycles. The molecule has 2 fully saturated rings. The number of anilines is 1. The van der Waals surface area contributed by atoms with Crippen molar-refractivity contribution >= 4 is 24.0 Å². The highest BCUT2D eigenvalue weighted by Crippen LogP contribution is 2.32. The van der Waals surface area contributed by atoms with Crippen LogP contribution in [0.3, 0.4) is 0 Å². The van der Waals surface area contributed by atoms with E-state index in [0.29, 0.717) is 38.2 Å². The molecule has 2 amide bonds. The second-order valence-electron chi connectivity index (χ2n) is 7.17. The van der Waals surface area contributed by atoms with Crippen molar-refractivity contribution in [3.05, 3.63) is 29.3 Å². The molecule has 3 N–H and O–H groups in total. The smallest absolute Gasteiger partial charge is 0.407 e. The normalized spacial score (nSPS) is 16.7. The first-order valence-corrected chi connectivity index (χ1v) is 10.5. The fourth-order valence-electron chi connectivity index (χ4n) is 3.38. The van der Waals surface area contributed by atoms with E-state index in [9.17, 15) is 23.2 Å². The largest absolute Gasteiger partial charge is 0.444 e. The molecule has 1 aromatic rings. The fourth-order valence-corrected chi connectivity index (χ4v) is 3.38. The van der Waals surface area contributed by atoms with Gasteiger partial charge in [-0.2, -0.15) is 0 Å². The van der Waals surface area contributed by atoms with E-state index in [-0.39, 0.29) is 30.6 Å². The average molecular weight is 440 g/mol. The van der Waals surface area contributed by atoms with Crippen LogP contribution in [-0.4, -0.2) is 63.7 Å². The Balaban J connectivity index is 0.00000166. The molecule has 2 heterocycles. The molecule has 3 rings (SSSR count). The highest BCUT2D eigenvalue weighted by molar-refractivity contribution is 5.84. The lowest BCUT2D eigenvalue weighted by atomic mass is 9.92. The molecule has 0 bridgehead atoms. The monoisotopic (exact) mass is 440 g/mol. The molecule has 10 heteroatoms. The molecule has 0 aliphatic carbocycles. The molecule has 0 spiro atoms. The summed E-state index contributed by atoms with van der Waals surface area (Å²) in [4.78, 5) is 36.1. The average Bonchev–Trinajstić information content (AvgIpc) is 2.70. The molecule has 0 saturated carbocycles. The molecule has 31 heavy (non-hydrogen) atoms. The number of aldehydes is 1. The molecule has 8 nitrogen and oxygen atoms in total. The maximum Gasteiger partial charge on any atom is 0.407 e. The fraction of sp³-hybridized carbons (Fsp3) is 0.571. The summed E-state index contributed by atoms with van der Waals surface area (Å²) in [6.07, 6.45) is 0.0299. The summed E-state index contributed by atoms with van der Waals surface area (Å²) in [5.41, 5.74) is -0.0211. The SMILES string of the molecule is CC.CNC(=O)C(CCC=O)c1c(F)cc(N2CC(NC(=O)OC3CNC3)C2)cc1F.